The van der Waals surface area contributed by atoms with Crippen LogP contribution in [0.1, 0.15) is 27.7 Å². The normalized spacial score (nSPS) is 37.4. The van der Waals surface area contributed by atoms with Gasteiger partial charge in [-0.25, -0.2) is 4.39 Å². The van der Waals surface area contributed by atoms with Gasteiger partial charge in [-0.15, -0.1) is 0 Å². The van der Waals surface area contributed by atoms with Gasteiger partial charge in [0.1, 0.15) is 18.2 Å². The molecule has 6 atom stereocenters. The Bertz CT molecular complexity index is 581. The highest BCUT2D eigenvalue weighted by Gasteiger charge is 2.67. The number of hydrogen-bond donors (Lipinski definition) is 4. The van der Waals surface area contributed by atoms with Crippen LogP contribution in [0.2, 0.25) is 0 Å². The van der Waals surface area contributed by atoms with Crippen molar-refractivity contribution in [3.63, 3.8) is 0 Å². The Morgan fingerprint density at radius 2 is 1.58 bits per heavy atom. The van der Waals surface area contributed by atoms with Crippen molar-refractivity contribution in [1.29, 1.82) is 0 Å². The van der Waals surface area contributed by atoms with E-state index in [1.54, 1.807) is 0 Å². The van der Waals surface area contributed by atoms with Gasteiger partial charge in [0.15, 0.2) is 29.1 Å². The van der Waals surface area contributed by atoms with Crippen molar-refractivity contribution >= 4 is 23.3 Å². The molecule has 1 amide bonds. The Balaban J connectivity index is 3.55. The third-order valence-corrected chi connectivity index (χ3v) is 4.01. The van der Waals surface area contributed by atoms with Gasteiger partial charge in [0, 0.05) is 13.8 Å². The monoisotopic (exact) mass is 349 g/mol. The van der Waals surface area contributed by atoms with Crippen LogP contribution in [0, 0.1) is 0 Å². The molecule has 1 saturated heterocycles. The minimum atomic E-state index is -3.07. The fourth-order valence-corrected chi connectivity index (χ4v) is 2.57. The van der Waals surface area contributed by atoms with Crippen LogP contribution in [-0.2, 0) is 23.9 Å². The van der Waals surface area contributed by atoms with Crippen molar-refractivity contribution in [2.24, 2.45) is 0 Å². The number of rotatable bonds is 5. The van der Waals surface area contributed by atoms with Gasteiger partial charge in [-0.05, 0) is 13.8 Å². The lowest BCUT2D eigenvalue weighted by molar-refractivity contribution is -0.318. The summed E-state index contributed by atoms with van der Waals surface area (Å²) in [5.41, 5.74) is -3.07. The number of carbonyl (C=O) groups is 4. The molecule has 1 aliphatic heterocycles. The molecule has 0 aromatic carbocycles. The number of ether oxygens (including phenoxy) is 1. The van der Waals surface area contributed by atoms with Crippen molar-refractivity contribution in [1.82, 2.24) is 5.32 Å². The molecule has 9 nitrogen and oxygen atoms in total. The molecule has 1 unspecified atom stereocenters. The molecule has 0 spiro atoms. The second-order valence-corrected chi connectivity index (χ2v) is 5.81. The van der Waals surface area contributed by atoms with E-state index in [0.717, 1.165) is 27.7 Å². The molecule has 0 radical (unpaired) electrons. The van der Waals surface area contributed by atoms with Crippen molar-refractivity contribution in [3.05, 3.63) is 0 Å². The van der Waals surface area contributed by atoms with E-state index in [1.807, 2.05) is 5.32 Å². The van der Waals surface area contributed by atoms with E-state index >= 15 is 0 Å². The Hall–Kier alpha value is -1.75. The lowest BCUT2D eigenvalue weighted by atomic mass is 9.75. The lowest BCUT2D eigenvalue weighted by Crippen LogP contribution is -2.78. The molecule has 1 rings (SSSR count). The van der Waals surface area contributed by atoms with Gasteiger partial charge in [0.25, 0.3) is 5.79 Å². The predicted octanol–water partition coefficient (Wildman–Crippen LogP) is -2.22. The average molecular weight is 349 g/mol. The smallest absolute Gasteiger partial charge is 0.250 e. The molecule has 0 aromatic heterocycles. The summed E-state index contributed by atoms with van der Waals surface area (Å²) < 4.78 is 19.9. The molecule has 136 valence electrons. The first-order chi connectivity index (χ1) is 10.8. The maximum absolute atomic E-state index is 14.9. The van der Waals surface area contributed by atoms with Crippen molar-refractivity contribution in [2.75, 3.05) is 0 Å². The number of aliphatic hydroxyl groups excluding tert-OH is 1. The van der Waals surface area contributed by atoms with Crippen LogP contribution >= 0.6 is 0 Å². The zero-order valence-corrected chi connectivity index (χ0v) is 13.6. The topological polar surface area (TPSA) is 150 Å². The first-order valence-corrected chi connectivity index (χ1v) is 7.04. The minimum absolute atomic E-state index is 0.777. The second kappa shape index (κ2) is 6.63. The molecular weight excluding hydrogens is 329 g/mol. The number of alkyl halides is 1. The van der Waals surface area contributed by atoms with Crippen molar-refractivity contribution in [3.8, 4) is 0 Å². The molecule has 0 aromatic rings. The van der Waals surface area contributed by atoms with E-state index in [2.05, 4.69) is 0 Å². The highest BCUT2D eigenvalue weighted by molar-refractivity contribution is 5.91. The number of ketones is 3. The zero-order chi connectivity index (χ0) is 19.0. The molecule has 1 heterocycles. The van der Waals surface area contributed by atoms with Crippen molar-refractivity contribution in [2.45, 2.75) is 63.5 Å². The number of hydrogen-bond acceptors (Lipinski definition) is 8. The highest BCUT2D eigenvalue weighted by Crippen LogP contribution is 2.39. The molecular formula is C14H20FNO8. The SMILES string of the molecule is CC(=O)N[C@H]1[C@H](F)[C@@](O)(C(C)=O)[C@@H](C(O)C(C)=O)O[C@@]1(O)C(C)=O. The number of carbonyl (C=O) groups excluding carboxylic acids is 4. The highest BCUT2D eigenvalue weighted by atomic mass is 19.1. The predicted molar refractivity (Wildman–Crippen MR) is 75.3 cm³/mol. The number of nitrogens with one attached hydrogen (secondary N) is 1. The molecule has 0 aliphatic carbocycles. The summed E-state index contributed by atoms with van der Waals surface area (Å²) in [7, 11) is 0. The standard InChI is InChI=1S/C14H20FNO8/c1-5(17)9(21)12-13(22,6(2)18)10(15)11(16-8(4)20)14(23,24-12)7(3)19/h9-12,21-23H,1-4H3,(H,16,20)/t9?,10-,11-,12+,13-,14-/m0/s1. The van der Waals surface area contributed by atoms with E-state index in [-0.39, 0.29) is 0 Å². The summed E-state index contributed by atoms with van der Waals surface area (Å²) in [6, 6.07) is -2.13. The van der Waals surface area contributed by atoms with E-state index in [4.69, 9.17) is 4.74 Å². The summed E-state index contributed by atoms with van der Waals surface area (Å²) in [4.78, 5) is 46.2. The maximum Gasteiger partial charge on any atom is 0.250 e. The maximum atomic E-state index is 14.9. The Labute approximate surface area is 136 Å². The summed E-state index contributed by atoms with van der Waals surface area (Å²) >= 11 is 0. The van der Waals surface area contributed by atoms with E-state index < -0.39 is 59.1 Å². The minimum Gasteiger partial charge on any atom is -0.382 e. The summed E-state index contributed by atoms with van der Waals surface area (Å²) in [6.07, 6.45) is -7.18. The Kier molecular flexibility index (Phi) is 5.61. The number of Topliss-reactive ketones (excluding diaryl/α,β-unsaturated/α-hetero) is 3. The van der Waals surface area contributed by atoms with Crippen LogP contribution in [0.5, 0.6) is 0 Å². The van der Waals surface area contributed by atoms with Crippen LogP contribution in [0.25, 0.3) is 0 Å². The molecule has 1 aliphatic rings. The number of aliphatic hydroxyl groups is 3. The van der Waals surface area contributed by atoms with Gasteiger partial charge in [-0.3, -0.25) is 19.2 Å². The first kappa shape index (κ1) is 20.3. The molecule has 0 bridgehead atoms. The average Bonchev–Trinajstić information content (AvgIpc) is 2.45. The molecule has 0 saturated carbocycles. The lowest BCUT2D eigenvalue weighted by Gasteiger charge is -2.51. The van der Waals surface area contributed by atoms with Gasteiger partial charge < -0.3 is 25.4 Å². The largest absolute Gasteiger partial charge is 0.382 e. The molecule has 24 heavy (non-hydrogen) atoms. The molecule has 1 fully saturated rings. The van der Waals surface area contributed by atoms with Gasteiger partial charge in [0.05, 0.1) is 0 Å². The quantitative estimate of drug-likeness (QED) is 0.436. The third-order valence-electron chi connectivity index (χ3n) is 4.01. The van der Waals surface area contributed by atoms with Crippen LogP contribution in [-0.4, -0.2) is 74.4 Å². The van der Waals surface area contributed by atoms with E-state index in [0.29, 0.717) is 0 Å². The van der Waals surface area contributed by atoms with Crippen LogP contribution in [0.4, 0.5) is 4.39 Å². The van der Waals surface area contributed by atoms with Gasteiger partial charge in [0.2, 0.25) is 5.91 Å². The fourth-order valence-electron chi connectivity index (χ4n) is 2.57. The van der Waals surface area contributed by atoms with Crippen LogP contribution in [0.15, 0.2) is 0 Å². The summed E-state index contributed by atoms with van der Waals surface area (Å²) in [6.45, 7) is 3.43. The number of halogens is 1. The van der Waals surface area contributed by atoms with Crippen molar-refractivity contribution < 1.29 is 43.6 Å². The second-order valence-electron chi connectivity index (χ2n) is 5.81. The Morgan fingerprint density at radius 1 is 1.08 bits per heavy atom. The van der Waals surface area contributed by atoms with Crippen LogP contribution in [0.3, 0.4) is 0 Å². The Morgan fingerprint density at radius 3 is 1.92 bits per heavy atom. The fraction of sp³-hybridized carbons (Fsp3) is 0.714. The summed E-state index contributed by atoms with van der Waals surface area (Å²) in [5, 5.41) is 32.6. The van der Waals surface area contributed by atoms with Gasteiger partial charge in [-0.1, -0.05) is 0 Å². The van der Waals surface area contributed by atoms with Gasteiger partial charge in [-0.2, -0.15) is 0 Å². The van der Waals surface area contributed by atoms with E-state index in [1.165, 1.54) is 0 Å². The third kappa shape index (κ3) is 3.09. The number of amides is 1. The van der Waals surface area contributed by atoms with Crippen LogP contribution < -0.4 is 5.32 Å². The van der Waals surface area contributed by atoms with E-state index in [9.17, 15) is 38.9 Å². The first-order valence-electron chi connectivity index (χ1n) is 7.04. The summed E-state index contributed by atoms with van der Waals surface area (Å²) in [5.74, 6) is -7.23. The molecule has 10 heteroatoms. The zero-order valence-electron chi connectivity index (χ0n) is 13.6. The van der Waals surface area contributed by atoms with Gasteiger partial charge >= 0.3 is 0 Å². The molecule has 4 N–H and O–H groups in total.